The Kier molecular flexibility index (Phi) is 7.29. The van der Waals surface area contributed by atoms with Crippen molar-refractivity contribution in [3.8, 4) is 0 Å². The lowest BCUT2D eigenvalue weighted by atomic mass is 10.2. The molecule has 1 aromatic rings. The lowest BCUT2D eigenvalue weighted by Crippen LogP contribution is -2.12. The Labute approximate surface area is 124 Å². The summed E-state index contributed by atoms with van der Waals surface area (Å²) >= 11 is 0. The molecule has 0 fully saturated rings. The maximum Gasteiger partial charge on any atom is 0.333 e. The van der Waals surface area contributed by atoms with Crippen LogP contribution in [-0.4, -0.2) is 25.2 Å². The zero-order chi connectivity index (χ0) is 15.5. The molecule has 0 saturated heterocycles. The number of ether oxygens (including phenoxy) is 2. The van der Waals surface area contributed by atoms with Crippen LogP contribution in [0.3, 0.4) is 0 Å². The fourth-order valence-corrected chi connectivity index (χ4v) is 1.31. The van der Waals surface area contributed by atoms with Crippen LogP contribution in [0, 0.1) is 0 Å². The van der Waals surface area contributed by atoms with Gasteiger partial charge in [-0.1, -0.05) is 55.1 Å². The molecule has 0 aliphatic carbocycles. The number of benzene rings is 1. The van der Waals surface area contributed by atoms with Crippen LogP contribution in [0.1, 0.15) is 12.5 Å². The highest BCUT2D eigenvalue weighted by Crippen LogP contribution is 2.00. The molecule has 0 heterocycles. The number of rotatable bonds is 7. The van der Waals surface area contributed by atoms with Gasteiger partial charge in [-0.3, -0.25) is 0 Å². The molecule has 0 aliphatic heterocycles. The summed E-state index contributed by atoms with van der Waals surface area (Å²) in [6.07, 6.45) is 6.52. The summed E-state index contributed by atoms with van der Waals surface area (Å²) in [6, 6.07) is 9.72. The summed E-state index contributed by atoms with van der Waals surface area (Å²) in [5.74, 6) is -0.980. The molecule has 0 N–H and O–H groups in total. The fourth-order valence-electron chi connectivity index (χ4n) is 1.31. The third-order valence-corrected chi connectivity index (χ3v) is 2.34. The van der Waals surface area contributed by atoms with Gasteiger partial charge in [0.1, 0.15) is 13.2 Å². The monoisotopic (exact) mass is 286 g/mol. The number of allylic oxidation sites excluding steroid dienone is 2. The normalized spacial score (nSPS) is 10.7. The first-order valence-corrected chi connectivity index (χ1v) is 6.49. The standard InChI is InChI=1S/C17H18O4/c1-14(2)17(19)21-13-12-20-16(18)11-7-6-10-15-8-4-3-5-9-15/h3-11H,1,12-13H2,2H3. The summed E-state index contributed by atoms with van der Waals surface area (Å²) in [5, 5.41) is 0. The zero-order valence-corrected chi connectivity index (χ0v) is 12.0. The number of hydrogen-bond donors (Lipinski definition) is 0. The van der Waals surface area contributed by atoms with Crippen LogP contribution in [0.4, 0.5) is 0 Å². The first-order valence-electron chi connectivity index (χ1n) is 6.49. The average molecular weight is 286 g/mol. The highest BCUT2D eigenvalue weighted by molar-refractivity contribution is 5.87. The Balaban J connectivity index is 2.21. The molecule has 0 aliphatic rings. The van der Waals surface area contributed by atoms with Crippen molar-refractivity contribution in [2.24, 2.45) is 0 Å². The van der Waals surface area contributed by atoms with E-state index in [4.69, 9.17) is 9.47 Å². The van der Waals surface area contributed by atoms with Crippen molar-refractivity contribution in [1.82, 2.24) is 0 Å². The van der Waals surface area contributed by atoms with Crippen molar-refractivity contribution in [1.29, 1.82) is 0 Å². The van der Waals surface area contributed by atoms with Gasteiger partial charge in [-0.2, -0.15) is 0 Å². The van der Waals surface area contributed by atoms with Crippen molar-refractivity contribution < 1.29 is 19.1 Å². The molecule has 0 spiro atoms. The summed E-state index contributed by atoms with van der Waals surface area (Å²) in [4.78, 5) is 22.4. The van der Waals surface area contributed by atoms with Crippen LogP contribution in [0.5, 0.6) is 0 Å². The highest BCUT2D eigenvalue weighted by atomic mass is 16.6. The number of carbonyl (C=O) groups excluding carboxylic acids is 2. The Hall–Kier alpha value is -2.62. The summed E-state index contributed by atoms with van der Waals surface area (Å²) in [6.45, 7) is 5.03. The fraction of sp³-hybridized carbons (Fsp3) is 0.176. The van der Waals surface area contributed by atoms with Crippen molar-refractivity contribution in [3.63, 3.8) is 0 Å². The predicted octanol–water partition coefficient (Wildman–Crippen LogP) is 2.92. The van der Waals surface area contributed by atoms with Crippen LogP contribution in [0.15, 0.2) is 60.7 Å². The first-order chi connectivity index (χ1) is 10.1. The largest absolute Gasteiger partial charge is 0.459 e. The number of esters is 2. The smallest absolute Gasteiger partial charge is 0.333 e. The van der Waals surface area contributed by atoms with E-state index < -0.39 is 11.9 Å². The van der Waals surface area contributed by atoms with E-state index in [-0.39, 0.29) is 13.2 Å². The molecule has 1 rings (SSSR count). The molecule has 0 aromatic heterocycles. The topological polar surface area (TPSA) is 52.6 Å². The van der Waals surface area contributed by atoms with Crippen LogP contribution in [-0.2, 0) is 19.1 Å². The van der Waals surface area contributed by atoms with E-state index in [1.54, 1.807) is 19.1 Å². The third-order valence-electron chi connectivity index (χ3n) is 2.34. The molecule has 1 aromatic carbocycles. The molecule has 21 heavy (non-hydrogen) atoms. The van der Waals surface area contributed by atoms with Crippen LogP contribution in [0.2, 0.25) is 0 Å². The molecule has 4 nitrogen and oxygen atoms in total. The Bertz CT molecular complexity index is 541. The summed E-state index contributed by atoms with van der Waals surface area (Å²) in [7, 11) is 0. The number of carbonyl (C=O) groups is 2. The van der Waals surface area contributed by atoms with Gasteiger partial charge in [-0.05, 0) is 12.5 Å². The summed E-state index contributed by atoms with van der Waals surface area (Å²) < 4.78 is 9.64. The molecule has 0 bridgehead atoms. The van der Waals surface area contributed by atoms with E-state index in [0.29, 0.717) is 5.57 Å². The average Bonchev–Trinajstić information content (AvgIpc) is 2.49. The lowest BCUT2D eigenvalue weighted by Gasteiger charge is -2.03. The van der Waals surface area contributed by atoms with Crippen molar-refractivity contribution in [2.45, 2.75) is 6.92 Å². The summed E-state index contributed by atoms with van der Waals surface area (Å²) in [5.41, 5.74) is 1.36. The Morgan fingerprint density at radius 1 is 1.10 bits per heavy atom. The van der Waals surface area contributed by atoms with Gasteiger partial charge in [0.15, 0.2) is 0 Å². The highest BCUT2D eigenvalue weighted by Gasteiger charge is 2.03. The third kappa shape index (κ3) is 7.52. The maximum absolute atomic E-state index is 11.3. The molecule has 4 heteroatoms. The minimum atomic E-state index is -0.493. The van der Waals surface area contributed by atoms with Crippen LogP contribution in [0.25, 0.3) is 6.08 Å². The van der Waals surface area contributed by atoms with Gasteiger partial charge in [0.2, 0.25) is 0 Å². The minimum Gasteiger partial charge on any atom is -0.459 e. The first kappa shape index (κ1) is 16.4. The van der Waals surface area contributed by atoms with Gasteiger partial charge in [-0.25, -0.2) is 9.59 Å². The maximum atomic E-state index is 11.3. The van der Waals surface area contributed by atoms with E-state index in [1.165, 1.54) is 6.08 Å². The van der Waals surface area contributed by atoms with Gasteiger partial charge >= 0.3 is 11.9 Å². The second kappa shape index (κ2) is 9.31. The van der Waals surface area contributed by atoms with E-state index >= 15 is 0 Å². The Morgan fingerprint density at radius 2 is 1.76 bits per heavy atom. The van der Waals surface area contributed by atoms with E-state index in [2.05, 4.69) is 6.58 Å². The van der Waals surface area contributed by atoms with Crippen molar-refractivity contribution >= 4 is 18.0 Å². The van der Waals surface area contributed by atoms with E-state index in [0.717, 1.165) is 5.56 Å². The van der Waals surface area contributed by atoms with Crippen LogP contribution >= 0.6 is 0 Å². The molecular weight excluding hydrogens is 268 g/mol. The Morgan fingerprint density at radius 3 is 2.43 bits per heavy atom. The van der Waals surface area contributed by atoms with Gasteiger partial charge in [0.05, 0.1) is 0 Å². The van der Waals surface area contributed by atoms with Gasteiger partial charge in [-0.15, -0.1) is 0 Å². The van der Waals surface area contributed by atoms with Crippen molar-refractivity contribution in [2.75, 3.05) is 13.2 Å². The quantitative estimate of drug-likeness (QED) is 0.335. The van der Waals surface area contributed by atoms with Gasteiger partial charge in [0, 0.05) is 11.6 Å². The molecule has 0 amide bonds. The second-order valence-corrected chi connectivity index (χ2v) is 4.21. The molecular formula is C17H18O4. The zero-order valence-electron chi connectivity index (χ0n) is 12.0. The van der Waals surface area contributed by atoms with Gasteiger partial charge < -0.3 is 9.47 Å². The molecule has 0 atom stereocenters. The predicted molar refractivity (Wildman–Crippen MR) is 81.3 cm³/mol. The van der Waals surface area contributed by atoms with Crippen LogP contribution < -0.4 is 0 Å². The molecule has 0 saturated carbocycles. The van der Waals surface area contributed by atoms with E-state index in [9.17, 15) is 9.59 Å². The molecule has 0 unspecified atom stereocenters. The molecule has 110 valence electrons. The lowest BCUT2D eigenvalue weighted by molar-refractivity contribution is -0.146. The molecule has 0 radical (unpaired) electrons. The minimum absolute atomic E-state index is 0.0184. The van der Waals surface area contributed by atoms with Crippen molar-refractivity contribution in [3.05, 3.63) is 66.3 Å². The number of hydrogen-bond acceptors (Lipinski definition) is 4. The second-order valence-electron chi connectivity index (χ2n) is 4.21. The van der Waals surface area contributed by atoms with E-state index in [1.807, 2.05) is 36.4 Å². The SMILES string of the molecule is C=C(C)C(=O)OCCOC(=O)C=CC=Cc1ccccc1. The van der Waals surface area contributed by atoms with Gasteiger partial charge in [0.25, 0.3) is 0 Å².